The van der Waals surface area contributed by atoms with E-state index in [1.807, 2.05) is 20.8 Å². The summed E-state index contributed by atoms with van der Waals surface area (Å²) >= 11 is 0. The lowest BCUT2D eigenvalue weighted by atomic mass is 9.78. The lowest BCUT2D eigenvalue weighted by Crippen LogP contribution is -2.27. The van der Waals surface area contributed by atoms with E-state index in [0.717, 1.165) is 12.8 Å². The first-order valence-electron chi connectivity index (χ1n) is 3.97. The van der Waals surface area contributed by atoms with Gasteiger partial charge in [0, 0.05) is 5.57 Å². The third kappa shape index (κ3) is 2.07. The van der Waals surface area contributed by atoms with Crippen LogP contribution in [0.5, 0.6) is 0 Å². The fourth-order valence-electron chi connectivity index (χ4n) is 0.974. The Kier molecular flexibility index (Phi) is 3.30. The molecule has 0 aromatic heterocycles. The zero-order valence-electron chi connectivity index (χ0n) is 7.61. The first kappa shape index (κ1) is 10.2. The Bertz CT molecular complexity index is 168. The van der Waals surface area contributed by atoms with Crippen molar-refractivity contribution >= 4 is 5.91 Å². The van der Waals surface area contributed by atoms with E-state index in [-0.39, 0.29) is 11.3 Å². The highest BCUT2D eigenvalue weighted by Gasteiger charge is 2.26. The van der Waals surface area contributed by atoms with Crippen molar-refractivity contribution in [1.82, 2.24) is 0 Å². The van der Waals surface area contributed by atoms with Gasteiger partial charge in [0.1, 0.15) is 0 Å². The van der Waals surface area contributed by atoms with Gasteiger partial charge in [0.05, 0.1) is 0 Å². The lowest BCUT2D eigenvalue weighted by molar-refractivity contribution is -0.115. The van der Waals surface area contributed by atoms with E-state index in [2.05, 4.69) is 6.58 Å². The summed E-state index contributed by atoms with van der Waals surface area (Å²) in [6.45, 7) is 9.79. The van der Waals surface area contributed by atoms with Crippen LogP contribution in [0, 0.1) is 5.41 Å². The third-order valence-corrected chi connectivity index (χ3v) is 2.59. The number of rotatable bonds is 4. The molecule has 0 radical (unpaired) electrons. The van der Waals surface area contributed by atoms with Crippen LogP contribution in [0.4, 0.5) is 0 Å². The van der Waals surface area contributed by atoms with Crippen molar-refractivity contribution in [3.63, 3.8) is 0 Å². The molecule has 0 saturated heterocycles. The van der Waals surface area contributed by atoms with Crippen LogP contribution in [0.25, 0.3) is 0 Å². The van der Waals surface area contributed by atoms with Gasteiger partial charge < -0.3 is 5.73 Å². The summed E-state index contributed by atoms with van der Waals surface area (Å²) in [6, 6.07) is 0. The quantitative estimate of drug-likeness (QED) is 0.618. The Morgan fingerprint density at radius 1 is 1.45 bits per heavy atom. The van der Waals surface area contributed by atoms with Crippen molar-refractivity contribution in [2.75, 3.05) is 0 Å². The molecule has 0 aliphatic heterocycles. The SMILES string of the molecule is C=C(C(N)=O)C(C)(CC)CC. The van der Waals surface area contributed by atoms with E-state index < -0.39 is 0 Å². The molecule has 0 heterocycles. The molecule has 0 aliphatic carbocycles. The maximum atomic E-state index is 10.8. The monoisotopic (exact) mass is 155 g/mol. The number of carbonyl (C=O) groups is 1. The predicted molar refractivity (Wildman–Crippen MR) is 47.0 cm³/mol. The lowest BCUT2D eigenvalue weighted by Gasteiger charge is -2.26. The molecule has 0 atom stereocenters. The molecule has 0 aromatic rings. The van der Waals surface area contributed by atoms with Crippen molar-refractivity contribution in [3.8, 4) is 0 Å². The molecule has 0 fully saturated rings. The molecule has 11 heavy (non-hydrogen) atoms. The summed E-state index contributed by atoms with van der Waals surface area (Å²) in [5.74, 6) is -0.379. The number of hydrogen-bond donors (Lipinski definition) is 1. The Hall–Kier alpha value is -0.790. The summed E-state index contributed by atoms with van der Waals surface area (Å²) in [6.07, 6.45) is 1.82. The normalized spacial score (nSPS) is 11.2. The number of carbonyl (C=O) groups excluding carboxylic acids is 1. The van der Waals surface area contributed by atoms with Gasteiger partial charge in [0.2, 0.25) is 5.91 Å². The van der Waals surface area contributed by atoms with Gasteiger partial charge in [-0.1, -0.05) is 27.4 Å². The molecule has 64 valence electrons. The fraction of sp³-hybridized carbons (Fsp3) is 0.667. The molecule has 2 N–H and O–H groups in total. The maximum Gasteiger partial charge on any atom is 0.244 e. The zero-order chi connectivity index (χ0) is 9.07. The average molecular weight is 155 g/mol. The van der Waals surface area contributed by atoms with Crippen LogP contribution in [0.2, 0.25) is 0 Å². The summed E-state index contributed by atoms with van der Waals surface area (Å²) in [5, 5.41) is 0. The van der Waals surface area contributed by atoms with E-state index >= 15 is 0 Å². The molecule has 0 spiro atoms. The van der Waals surface area contributed by atoms with Crippen LogP contribution >= 0.6 is 0 Å². The molecular formula is C9H17NO. The van der Waals surface area contributed by atoms with Gasteiger partial charge in [-0.25, -0.2) is 0 Å². The van der Waals surface area contributed by atoms with Gasteiger partial charge in [-0.05, 0) is 18.3 Å². The summed E-state index contributed by atoms with van der Waals surface area (Å²) in [5.41, 5.74) is 5.57. The Balaban J connectivity index is 4.50. The molecule has 0 bridgehead atoms. The minimum Gasteiger partial charge on any atom is -0.366 e. The second-order valence-electron chi connectivity index (χ2n) is 3.11. The van der Waals surface area contributed by atoms with Crippen molar-refractivity contribution in [2.45, 2.75) is 33.6 Å². The molecular weight excluding hydrogens is 138 g/mol. The first-order valence-corrected chi connectivity index (χ1v) is 3.97. The van der Waals surface area contributed by atoms with Gasteiger partial charge in [-0.3, -0.25) is 4.79 Å². The molecule has 0 aromatic carbocycles. The standard InChI is InChI=1S/C9H17NO/c1-5-9(4,6-2)7(3)8(10)11/h3,5-6H2,1-2,4H3,(H2,10,11). The van der Waals surface area contributed by atoms with E-state index in [9.17, 15) is 4.79 Å². The van der Waals surface area contributed by atoms with Gasteiger partial charge in [0.15, 0.2) is 0 Å². The van der Waals surface area contributed by atoms with E-state index in [4.69, 9.17) is 5.73 Å². The summed E-state index contributed by atoms with van der Waals surface area (Å²) in [7, 11) is 0. The maximum absolute atomic E-state index is 10.8. The number of amides is 1. The predicted octanol–water partition coefficient (Wildman–Crippen LogP) is 1.85. The highest BCUT2D eigenvalue weighted by molar-refractivity contribution is 5.92. The van der Waals surface area contributed by atoms with Crippen LogP contribution in [-0.4, -0.2) is 5.91 Å². The first-order chi connectivity index (χ1) is 4.98. The van der Waals surface area contributed by atoms with Crippen molar-refractivity contribution in [1.29, 1.82) is 0 Å². The highest BCUT2D eigenvalue weighted by Crippen LogP contribution is 2.32. The zero-order valence-corrected chi connectivity index (χ0v) is 7.61. The number of hydrogen-bond acceptors (Lipinski definition) is 1. The molecule has 0 saturated carbocycles. The van der Waals surface area contributed by atoms with Crippen LogP contribution < -0.4 is 5.73 Å². The minimum atomic E-state index is -0.379. The van der Waals surface area contributed by atoms with Crippen LogP contribution in [-0.2, 0) is 4.79 Å². The van der Waals surface area contributed by atoms with Gasteiger partial charge >= 0.3 is 0 Å². The van der Waals surface area contributed by atoms with E-state index in [0.29, 0.717) is 5.57 Å². The number of nitrogens with two attached hydrogens (primary N) is 1. The largest absolute Gasteiger partial charge is 0.366 e. The molecule has 1 amide bonds. The van der Waals surface area contributed by atoms with Crippen molar-refractivity contribution in [2.24, 2.45) is 11.1 Å². The Morgan fingerprint density at radius 3 is 1.91 bits per heavy atom. The van der Waals surface area contributed by atoms with Crippen LogP contribution in [0.3, 0.4) is 0 Å². The van der Waals surface area contributed by atoms with Gasteiger partial charge in [-0.15, -0.1) is 0 Å². The summed E-state index contributed by atoms with van der Waals surface area (Å²) in [4.78, 5) is 10.8. The molecule has 2 nitrogen and oxygen atoms in total. The summed E-state index contributed by atoms with van der Waals surface area (Å²) < 4.78 is 0. The fourth-order valence-corrected chi connectivity index (χ4v) is 0.974. The van der Waals surface area contributed by atoms with E-state index in [1.54, 1.807) is 0 Å². The Morgan fingerprint density at radius 2 is 1.82 bits per heavy atom. The molecule has 0 aliphatic rings. The van der Waals surface area contributed by atoms with Gasteiger partial charge in [-0.2, -0.15) is 0 Å². The van der Waals surface area contributed by atoms with Crippen molar-refractivity contribution in [3.05, 3.63) is 12.2 Å². The van der Waals surface area contributed by atoms with Gasteiger partial charge in [0.25, 0.3) is 0 Å². The Labute approximate surface area is 68.5 Å². The third-order valence-electron chi connectivity index (χ3n) is 2.59. The highest BCUT2D eigenvalue weighted by atomic mass is 16.1. The molecule has 0 unspecified atom stereocenters. The smallest absolute Gasteiger partial charge is 0.244 e. The topological polar surface area (TPSA) is 43.1 Å². The minimum absolute atomic E-state index is 0.105. The average Bonchev–Trinajstić information content (AvgIpc) is 2.01. The van der Waals surface area contributed by atoms with E-state index in [1.165, 1.54) is 0 Å². The molecule has 2 heteroatoms. The van der Waals surface area contributed by atoms with Crippen LogP contribution in [0.1, 0.15) is 33.6 Å². The second kappa shape index (κ2) is 3.56. The second-order valence-corrected chi connectivity index (χ2v) is 3.11. The van der Waals surface area contributed by atoms with Crippen molar-refractivity contribution < 1.29 is 4.79 Å². The van der Waals surface area contributed by atoms with Crippen LogP contribution in [0.15, 0.2) is 12.2 Å². The number of primary amides is 1. The molecule has 0 rings (SSSR count).